The Hall–Kier alpha value is -1.43. The number of aromatic carboxylic acids is 1. The molecule has 1 saturated carbocycles. The van der Waals surface area contributed by atoms with Crippen LogP contribution < -0.4 is 5.32 Å². The van der Waals surface area contributed by atoms with Crippen LogP contribution in [-0.2, 0) is 0 Å². The molecule has 0 unspecified atom stereocenters. The van der Waals surface area contributed by atoms with Crippen molar-refractivity contribution >= 4 is 24.0 Å². The molecule has 3 N–H and O–H groups in total. The van der Waals surface area contributed by atoms with Crippen LogP contribution in [-0.4, -0.2) is 27.3 Å². The minimum atomic E-state index is -1.00. The number of H-pyrrole nitrogens is 1. The molecule has 1 heterocycles. The first kappa shape index (κ1) is 12.0. The SMILES string of the molecule is O=C(O)c1cc(=S)[nH]nc1NC1CCCCC1. The van der Waals surface area contributed by atoms with Gasteiger partial charge in [-0.25, -0.2) is 4.79 Å². The molecular weight excluding hydrogens is 238 g/mol. The number of anilines is 1. The first-order valence-corrected chi connectivity index (χ1v) is 6.17. The Morgan fingerprint density at radius 1 is 1.47 bits per heavy atom. The molecule has 2 rings (SSSR count). The number of carbonyl (C=O) groups is 1. The molecule has 6 heteroatoms. The predicted molar refractivity (Wildman–Crippen MR) is 66.9 cm³/mol. The predicted octanol–water partition coefficient (Wildman–Crippen LogP) is 2.58. The van der Waals surface area contributed by atoms with E-state index in [4.69, 9.17) is 17.3 Å². The smallest absolute Gasteiger partial charge is 0.339 e. The summed E-state index contributed by atoms with van der Waals surface area (Å²) in [6.07, 6.45) is 5.76. The number of hydrogen-bond acceptors (Lipinski definition) is 4. The molecule has 1 aliphatic carbocycles. The highest BCUT2D eigenvalue weighted by Crippen LogP contribution is 2.22. The van der Waals surface area contributed by atoms with Gasteiger partial charge in [0.05, 0.1) is 0 Å². The fraction of sp³-hybridized carbons (Fsp3) is 0.545. The monoisotopic (exact) mass is 253 g/mol. The summed E-state index contributed by atoms with van der Waals surface area (Å²) in [4.78, 5) is 11.1. The highest BCUT2D eigenvalue weighted by molar-refractivity contribution is 7.71. The zero-order valence-corrected chi connectivity index (χ0v) is 10.2. The molecule has 0 amide bonds. The first-order valence-electron chi connectivity index (χ1n) is 5.76. The molecule has 1 fully saturated rings. The maximum absolute atomic E-state index is 11.1. The number of aromatic amines is 1. The van der Waals surface area contributed by atoms with Gasteiger partial charge in [0.15, 0.2) is 5.82 Å². The van der Waals surface area contributed by atoms with Crippen LogP contribution in [0.15, 0.2) is 6.07 Å². The summed E-state index contributed by atoms with van der Waals surface area (Å²) in [6, 6.07) is 1.74. The van der Waals surface area contributed by atoms with Crippen LogP contribution in [0.3, 0.4) is 0 Å². The molecule has 1 aromatic rings. The quantitative estimate of drug-likeness (QED) is 0.722. The van der Waals surface area contributed by atoms with Gasteiger partial charge in [-0.15, -0.1) is 0 Å². The van der Waals surface area contributed by atoms with Crippen molar-refractivity contribution in [1.29, 1.82) is 0 Å². The average molecular weight is 253 g/mol. The largest absolute Gasteiger partial charge is 0.478 e. The molecule has 92 valence electrons. The molecule has 17 heavy (non-hydrogen) atoms. The summed E-state index contributed by atoms with van der Waals surface area (Å²) in [6.45, 7) is 0. The lowest BCUT2D eigenvalue weighted by atomic mass is 9.95. The molecule has 1 aliphatic rings. The number of nitrogens with zero attached hydrogens (tertiary/aromatic N) is 1. The van der Waals surface area contributed by atoms with Crippen LogP contribution in [0, 0.1) is 4.64 Å². The van der Waals surface area contributed by atoms with E-state index < -0.39 is 5.97 Å². The summed E-state index contributed by atoms with van der Waals surface area (Å²) in [5.41, 5.74) is 0.138. The third-order valence-electron chi connectivity index (χ3n) is 2.98. The summed E-state index contributed by atoms with van der Waals surface area (Å²) >= 11 is 4.87. The van der Waals surface area contributed by atoms with E-state index in [-0.39, 0.29) is 5.56 Å². The highest BCUT2D eigenvalue weighted by Gasteiger charge is 2.17. The van der Waals surface area contributed by atoms with E-state index >= 15 is 0 Å². The molecular formula is C11H15N3O2S. The normalized spacial score (nSPS) is 16.7. The van der Waals surface area contributed by atoms with Crippen molar-refractivity contribution in [2.75, 3.05) is 5.32 Å². The topological polar surface area (TPSA) is 78.0 Å². The highest BCUT2D eigenvalue weighted by atomic mass is 32.1. The number of rotatable bonds is 3. The van der Waals surface area contributed by atoms with Gasteiger partial charge in [0.2, 0.25) is 0 Å². The molecule has 0 bridgehead atoms. The van der Waals surface area contributed by atoms with E-state index in [0.717, 1.165) is 12.8 Å². The van der Waals surface area contributed by atoms with Crippen molar-refractivity contribution in [2.45, 2.75) is 38.1 Å². The molecule has 0 atom stereocenters. The molecule has 0 aliphatic heterocycles. The maximum Gasteiger partial charge on any atom is 0.339 e. The van der Waals surface area contributed by atoms with Crippen LogP contribution in [0.5, 0.6) is 0 Å². The van der Waals surface area contributed by atoms with Gasteiger partial charge in [0, 0.05) is 6.04 Å². The van der Waals surface area contributed by atoms with E-state index in [1.165, 1.54) is 25.3 Å². The number of aromatic nitrogens is 2. The summed E-state index contributed by atoms with van der Waals surface area (Å²) < 4.78 is 0.330. The van der Waals surface area contributed by atoms with Gasteiger partial charge in [0.1, 0.15) is 10.2 Å². The van der Waals surface area contributed by atoms with Gasteiger partial charge in [-0.2, -0.15) is 5.10 Å². The summed E-state index contributed by atoms with van der Waals surface area (Å²) in [5, 5.41) is 18.9. The van der Waals surface area contributed by atoms with Crippen molar-refractivity contribution in [2.24, 2.45) is 0 Å². The van der Waals surface area contributed by atoms with Gasteiger partial charge in [0.25, 0.3) is 0 Å². The average Bonchev–Trinajstić information content (AvgIpc) is 2.32. The molecule has 0 spiro atoms. The minimum Gasteiger partial charge on any atom is -0.478 e. The lowest BCUT2D eigenvalue weighted by Crippen LogP contribution is -2.24. The lowest BCUT2D eigenvalue weighted by Gasteiger charge is -2.23. The van der Waals surface area contributed by atoms with Crippen LogP contribution in [0.2, 0.25) is 0 Å². The van der Waals surface area contributed by atoms with Crippen molar-refractivity contribution < 1.29 is 9.90 Å². The van der Waals surface area contributed by atoms with Crippen molar-refractivity contribution in [3.8, 4) is 0 Å². The van der Waals surface area contributed by atoms with Crippen LogP contribution >= 0.6 is 12.2 Å². The number of carboxylic acid groups (broad SMARTS) is 1. The van der Waals surface area contributed by atoms with Gasteiger partial charge in [-0.1, -0.05) is 31.5 Å². The van der Waals surface area contributed by atoms with E-state index in [1.807, 2.05) is 0 Å². The Bertz CT molecular complexity index is 466. The second kappa shape index (κ2) is 5.27. The van der Waals surface area contributed by atoms with Gasteiger partial charge >= 0.3 is 5.97 Å². The van der Waals surface area contributed by atoms with Crippen molar-refractivity contribution in [3.63, 3.8) is 0 Å². The standard InChI is InChI=1S/C11H15N3O2S/c15-11(16)8-6-9(17)13-14-10(8)12-7-4-2-1-3-5-7/h6-7H,1-5H2,(H,12,14)(H,13,17)(H,15,16). The number of nitrogens with one attached hydrogen (secondary N) is 2. The van der Waals surface area contributed by atoms with E-state index in [0.29, 0.717) is 16.5 Å². The third-order valence-corrected chi connectivity index (χ3v) is 3.19. The Morgan fingerprint density at radius 3 is 2.82 bits per heavy atom. The molecule has 0 saturated heterocycles. The Balaban J connectivity index is 2.19. The van der Waals surface area contributed by atoms with Gasteiger partial charge in [-0.05, 0) is 18.9 Å². The Labute approximate surface area is 104 Å². The first-order chi connectivity index (χ1) is 8.16. The molecule has 5 nitrogen and oxygen atoms in total. The molecule has 0 aromatic carbocycles. The number of hydrogen-bond donors (Lipinski definition) is 3. The summed E-state index contributed by atoms with van der Waals surface area (Å²) in [5.74, 6) is -0.617. The molecule has 1 aromatic heterocycles. The second-order valence-corrected chi connectivity index (χ2v) is 4.72. The van der Waals surface area contributed by atoms with Crippen LogP contribution in [0.25, 0.3) is 0 Å². The fourth-order valence-corrected chi connectivity index (χ4v) is 2.28. The molecule has 0 radical (unpaired) electrons. The third kappa shape index (κ3) is 3.03. The zero-order valence-electron chi connectivity index (χ0n) is 9.40. The van der Waals surface area contributed by atoms with Crippen LogP contribution in [0.1, 0.15) is 42.5 Å². The van der Waals surface area contributed by atoms with Crippen molar-refractivity contribution in [1.82, 2.24) is 10.2 Å². The Morgan fingerprint density at radius 2 is 2.18 bits per heavy atom. The zero-order chi connectivity index (χ0) is 12.3. The van der Waals surface area contributed by atoms with E-state index in [9.17, 15) is 4.79 Å². The fourth-order valence-electron chi connectivity index (χ4n) is 2.12. The number of carboxylic acids is 1. The summed E-state index contributed by atoms with van der Waals surface area (Å²) in [7, 11) is 0. The Kier molecular flexibility index (Phi) is 3.73. The van der Waals surface area contributed by atoms with E-state index in [1.54, 1.807) is 0 Å². The maximum atomic E-state index is 11.1. The minimum absolute atomic E-state index is 0.138. The lowest BCUT2D eigenvalue weighted by molar-refractivity contribution is 0.0697. The van der Waals surface area contributed by atoms with Gasteiger partial charge in [-0.3, -0.25) is 5.10 Å². The van der Waals surface area contributed by atoms with Gasteiger partial charge < -0.3 is 10.4 Å². The second-order valence-electron chi connectivity index (χ2n) is 4.28. The van der Waals surface area contributed by atoms with Crippen molar-refractivity contribution in [3.05, 3.63) is 16.3 Å². The van der Waals surface area contributed by atoms with Crippen LogP contribution in [0.4, 0.5) is 5.82 Å². The van der Waals surface area contributed by atoms with E-state index in [2.05, 4.69) is 15.5 Å².